The fourth-order valence-corrected chi connectivity index (χ4v) is 3.53. The van der Waals surface area contributed by atoms with E-state index in [1.165, 1.54) is 5.56 Å². The Morgan fingerprint density at radius 3 is 2.61 bits per heavy atom. The van der Waals surface area contributed by atoms with E-state index in [1.807, 2.05) is 32.9 Å². The van der Waals surface area contributed by atoms with Gasteiger partial charge in [0.15, 0.2) is 5.76 Å². The fraction of sp³-hybridized carbons (Fsp3) is 0.235. The molecule has 3 aromatic heterocycles. The van der Waals surface area contributed by atoms with Crippen LogP contribution in [-0.4, -0.2) is 15.1 Å². The van der Waals surface area contributed by atoms with E-state index < -0.39 is 0 Å². The largest absolute Gasteiger partial charge is 0.452 e. The van der Waals surface area contributed by atoms with Gasteiger partial charge in [-0.2, -0.15) is 4.98 Å². The Morgan fingerprint density at radius 1 is 1.04 bits per heavy atom. The fourth-order valence-electron chi connectivity index (χ4n) is 2.69. The van der Waals surface area contributed by atoms with Crippen LogP contribution in [0.5, 0.6) is 0 Å². The van der Waals surface area contributed by atoms with Crippen molar-refractivity contribution in [2.45, 2.75) is 27.7 Å². The number of hydrogen-bond acceptors (Lipinski definition) is 6. The van der Waals surface area contributed by atoms with E-state index in [0.717, 1.165) is 32.1 Å². The van der Waals surface area contributed by atoms with Gasteiger partial charge in [-0.3, -0.25) is 0 Å². The summed E-state index contributed by atoms with van der Waals surface area (Å²) in [6.45, 7) is 7.98. The Bertz CT molecular complexity index is 1030. The first kappa shape index (κ1) is 14.1. The highest BCUT2D eigenvalue weighted by molar-refractivity contribution is 7.15. The van der Waals surface area contributed by atoms with Crippen molar-refractivity contribution < 1.29 is 8.94 Å². The van der Waals surface area contributed by atoms with Crippen LogP contribution in [0.25, 0.3) is 33.3 Å². The summed E-state index contributed by atoms with van der Waals surface area (Å²) in [7, 11) is 0. The molecular formula is C17H15N3O2S. The molecule has 4 rings (SSSR count). The van der Waals surface area contributed by atoms with Crippen molar-refractivity contribution in [2.75, 3.05) is 0 Å². The summed E-state index contributed by atoms with van der Waals surface area (Å²) in [4.78, 5) is 9.81. The Kier molecular flexibility index (Phi) is 3.09. The lowest BCUT2D eigenvalue weighted by Gasteiger charge is -1.91. The number of benzene rings is 1. The second-order valence-electron chi connectivity index (χ2n) is 5.63. The highest BCUT2D eigenvalue weighted by Crippen LogP contribution is 2.34. The van der Waals surface area contributed by atoms with Crippen LogP contribution in [0.1, 0.15) is 21.8 Å². The molecule has 0 aliphatic heterocycles. The molecule has 23 heavy (non-hydrogen) atoms. The van der Waals surface area contributed by atoms with Crippen LogP contribution in [0, 0.1) is 27.7 Å². The van der Waals surface area contributed by atoms with Gasteiger partial charge < -0.3 is 8.94 Å². The topological polar surface area (TPSA) is 65.0 Å². The zero-order chi connectivity index (χ0) is 16.1. The average molecular weight is 325 g/mol. The summed E-state index contributed by atoms with van der Waals surface area (Å²) in [5, 5.41) is 6.15. The minimum absolute atomic E-state index is 0.469. The van der Waals surface area contributed by atoms with Crippen LogP contribution in [0.3, 0.4) is 0 Å². The van der Waals surface area contributed by atoms with E-state index >= 15 is 0 Å². The van der Waals surface area contributed by atoms with Crippen LogP contribution in [0.2, 0.25) is 0 Å². The maximum absolute atomic E-state index is 5.93. The molecule has 0 radical (unpaired) electrons. The monoisotopic (exact) mass is 325 g/mol. The van der Waals surface area contributed by atoms with Crippen LogP contribution in [-0.2, 0) is 0 Å². The first-order valence-corrected chi connectivity index (χ1v) is 8.13. The standard InChI is InChI=1S/C17H15N3O2S/c1-8-5-6-13-12(7-8)9(2)14(21-13)16-19-17(22-20-16)15-10(3)18-11(4)23-15/h5-7H,1-4H3. The minimum Gasteiger partial charge on any atom is -0.452 e. The Labute approximate surface area is 137 Å². The molecule has 0 fully saturated rings. The number of aromatic nitrogens is 3. The molecule has 116 valence electrons. The third kappa shape index (κ3) is 2.26. The van der Waals surface area contributed by atoms with E-state index in [0.29, 0.717) is 17.5 Å². The highest BCUT2D eigenvalue weighted by Gasteiger charge is 2.20. The number of hydrogen-bond donors (Lipinski definition) is 0. The van der Waals surface area contributed by atoms with E-state index in [-0.39, 0.29) is 0 Å². The van der Waals surface area contributed by atoms with Crippen molar-refractivity contribution in [3.05, 3.63) is 40.0 Å². The van der Waals surface area contributed by atoms with Gasteiger partial charge in [0.05, 0.1) is 10.7 Å². The lowest BCUT2D eigenvalue weighted by atomic mass is 10.1. The number of fused-ring (bicyclic) bond motifs is 1. The quantitative estimate of drug-likeness (QED) is 0.527. The van der Waals surface area contributed by atoms with Crippen molar-refractivity contribution in [2.24, 2.45) is 0 Å². The lowest BCUT2D eigenvalue weighted by Crippen LogP contribution is -1.81. The number of aryl methyl sites for hydroxylation is 4. The average Bonchev–Trinajstić information content (AvgIpc) is 3.18. The van der Waals surface area contributed by atoms with Gasteiger partial charge >= 0.3 is 0 Å². The molecule has 0 amide bonds. The predicted octanol–water partition coefficient (Wildman–Crippen LogP) is 4.84. The third-order valence-electron chi connectivity index (χ3n) is 3.82. The summed E-state index contributed by atoms with van der Waals surface area (Å²) < 4.78 is 11.4. The van der Waals surface area contributed by atoms with Crippen molar-refractivity contribution >= 4 is 22.3 Å². The van der Waals surface area contributed by atoms with Gasteiger partial charge in [0.25, 0.3) is 5.89 Å². The van der Waals surface area contributed by atoms with Gasteiger partial charge in [-0.1, -0.05) is 16.8 Å². The van der Waals surface area contributed by atoms with Gasteiger partial charge in [-0.25, -0.2) is 4.98 Å². The Hall–Kier alpha value is -2.47. The number of rotatable bonds is 2. The molecule has 5 nitrogen and oxygen atoms in total. The molecule has 4 aromatic rings. The Balaban J connectivity index is 1.83. The summed E-state index contributed by atoms with van der Waals surface area (Å²) in [5.41, 5.74) is 3.95. The molecule has 0 spiro atoms. The first-order chi connectivity index (χ1) is 11.0. The molecule has 0 aliphatic carbocycles. The summed E-state index contributed by atoms with van der Waals surface area (Å²) in [6, 6.07) is 6.11. The van der Waals surface area contributed by atoms with Crippen LogP contribution in [0.15, 0.2) is 27.1 Å². The molecule has 1 aromatic carbocycles. The molecular weight excluding hydrogens is 310 g/mol. The van der Waals surface area contributed by atoms with Gasteiger partial charge in [-0.15, -0.1) is 11.3 Å². The maximum Gasteiger partial charge on any atom is 0.270 e. The minimum atomic E-state index is 0.469. The van der Waals surface area contributed by atoms with E-state index in [4.69, 9.17) is 8.94 Å². The van der Waals surface area contributed by atoms with E-state index in [1.54, 1.807) is 11.3 Å². The van der Waals surface area contributed by atoms with Gasteiger partial charge in [0.1, 0.15) is 10.5 Å². The summed E-state index contributed by atoms with van der Waals surface area (Å²) in [6.07, 6.45) is 0. The number of thiazole rings is 1. The second-order valence-corrected chi connectivity index (χ2v) is 6.83. The SMILES string of the molecule is Cc1ccc2oc(-c3noc(-c4sc(C)nc4C)n3)c(C)c2c1. The predicted molar refractivity (Wildman–Crippen MR) is 89.6 cm³/mol. The van der Waals surface area contributed by atoms with Crippen LogP contribution < -0.4 is 0 Å². The molecule has 0 N–H and O–H groups in total. The highest BCUT2D eigenvalue weighted by atomic mass is 32.1. The third-order valence-corrected chi connectivity index (χ3v) is 4.88. The van der Waals surface area contributed by atoms with Gasteiger partial charge in [0.2, 0.25) is 5.82 Å². The molecule has 0 aliphatic rings. The zero-order valence-electron chi connectivity index (χ0n) is 13.3. The smallest absolute Gasteiger partial charge is 0.270 e. The van der Waals surface area contributed by atoms with Crippen LogP contribution in [0.4, 0.5) is 0 Å². The molecule has 6 heteroatoms. The van der Waals surface area contributed by atoms with Gasteiger partial charge in [-0.05, 0) is 39.8 Å². The van der Waals surface area contributed by atoms with Gasteiger partial charge in [0, 0.05) is 10.9 Å². The number of furan rings is 1. The lowest BCUT2D eigenvalue weighted by molar-refractivity contribution is 0.430. The first-order valence-electron chi connectivity index (χ1n) is 7.31. The Morgan fingerprint density at radius 2 is 1.87 bits per heavy atom. The normalized spacial score (nSPS) is 11.5. The van der Waals surface area contributed by atoms with E-state index in [2.05, 4.69) is 28.1 Å². The van der Waals surface area contributed by atoms with Crippen molar-refractivity contribution in [3.63, 3.8) is 0 Å². The molecule has 0 saturated carbocycles. The van der Waals surface area contributed by atoms with Crippen molar-refractivity contribution in [1.29, 1.82) is 0 Å². The van der Waals surface area contributed by atoms with Crippen LogP contribution >= 0.6 is 11.3 Å². The van der Waals surface area contributed by atoms with Crippen molar-refractivity contribution in [3.8, 4) is 22.4 Å². The summed E-state index contributed by atoms with van der Waals surface area (Å²) >= 11 is 1.55. The zero-order valence-corrected chi connectivity index (χ0v) is 14.1. The molecule has 3 heterocycles. The molecule has 0 unspecified atom stereocenters. The molecule has 0 atom stereocenters. The molecule has 0 bridgehead atoms. The van der Waals surface area contributed by atoms with E-state index in [9.17, 15) is 0 Å². The maximum atomic E-state index is 5.93. The molecule has 0 saturated heterocycles. The number of nitrogens with zero attached hydrogens (tertiary/aromatic N) is 3. The summed E-state index contributed by atoms with van der Waals surface area (Å²) in [5.74, 6) is 1.61. The van der Waals surface area contributed by atoms with Crippen molar-refractivity contribution in [1.82, 2.24) is 15.1 Å². The second kappa shape index (κ2) is 5.03.